The fourth-order valence-electron chi connectivity index (χ4n) is 2.43. The zero-order valence-corrected chi connectivity index (χ0v) is 10.5. The Morgan fingerprint density at radius 3 is 2.79 bits per heavy atom. The van der Waals surface area contributed by atoms with Crippen LogP contribution in [-0.4, -0.2) is 25.7 Å². The highest BCUT2D eigenvalue weighted by Gasteiger charge is 2.34. The highest BCUT2D eigenvalue weighted by molar-refractivity contribution is 5.58. The fourth-order valence-corrected chi connectivity index (χ4v) is 2.43. The lowest BCUT2D eigenvalue weighted by atomic mass is 9.94. The van der Waals surface area contributed by atoms with Gasteiger partial charge in [-0.2, -0.15) is 0 Å². The third-order valence-electron chi connectivity index (χ3n) is 3.49. The number of hydrogen-bond donors (Lipinski definition) is 3. The van der Waals surface area contributed by atoms with Crippen molar-refractivity contribution in [2.24, 2.45) is 11.7 Å². The van der Waals surface area contributed by atoms with Crippen molar-refractivity contribution in [1.82, 2.24) is 10.9 Å². The van der Waals surface area contributed by atoms with Gasteiger partial charge in [-0.25, -0.2) is 10.9 Å². The average Bonchev–Trinajstić information content (AvgIpc) is 2.66. The number of aldehydes is 1. The summed E-state index contributed by atoms with van der Waals surface area (Å²) in [6.45, 7) is 1.31. The molecule has 3 rings (SSSR count). The molecule has 2 aliphatic heterocycles. The molecule has 0 aromatic heterocycles. The van der Waals surface area contributed by atoms with E-state index in [-0.39, 0.29) is 18.1 Å². The van der Waals surface area contributed by atoms with Crippen LogP contribution in [0.1, 0.15) is 18.0 Å². The van der Waals surface area contributed by atoms with E-state index in [1.54, 1.807) is 0 Å². The second-order valence-electron chi connectivity index (χ2n) is 4.76. The molecule has 1 saturated heterocycles. The summed E-state index contributed by atoms with van der Waals surface area (Å²) in [5.41, 5.74) is 12.7. The van der Waals surface area contributed by atoms with Crippen molar-refractivity contribution in [3.63, 3.8) is 0 Å². The minimum Gasteiger partial charge on any atom is -0.490 e. The van der Waals surface area contributed by atoms with Gasteiger partial charge in [0.25, 0.3) is 0 Å². The molecule has 1 aromatic carbocycles. The molecule has 6 nitrogen and oxygen atoms in total. The van der Waals surface area contributed by atoms with Crippen molar-refractivity contribution in [3.05, 3.63) is 23.8 Å². The third-order valence-corrected chi connectivity index (χ3v) is 3.49. The van der Waals surface area contributed by atoms with E-state index < -0.39 is 0 Å². The van der Waals surface area contributed by atoms with E-state index in [1.807, 2.05) is 18.2 Å². The van der Waals surface area contributed by atoms with Crippen LogP contribution in [0.3, 0.4) is 0 Å². The molecule has 1 fully saturated rings. The summed E-state index contributed by atoms with van der Waals surface area (Å²) < 4.78 is 11.2. The van der Waals surface area contributed by atoms with Gasteiger partial charge in [0.1, 0.15) is 6.29 Å². The van der Waals surface area contributed by atoms with Crippen molar-refractivity contribution in [1.29, 1.82) is 0 Å². The smallest absolute Gasteiger partial charge is 0.161 e. The Morgan fingerprint density at radius 2 is 2.00 bits per heavy atom. The predicted molar refractivity (Wildman–Crippen MR) is 68.6 cm³/mol. The molecule has 19 heavy (non-hydrogen) atoms. The highest BCUT2D eigenvalue weighted by Crippen LogP contribution is 2.35. The van der Waals surface area contributed by atoms with Crippen LogP contribution < -0.4 is 26.1 Å². The predicted octanol–water partition coefficient (Wildman–Crippen LogP) is 0.0967. The fraction of sp³-hybridized carbons (Fsp3) is 0.462. The average molecular weight is 263 g/mol. The summed E-state index contributed by atoms with van der Waals surface area (Å²) >= 11 is 0. The van der Waals surface area contributed by atoms with Crippen LogP contribution in [0, 0.1) is 5.92 Å². The Morgan fingerprint density at radius 1 is 1.21 bits per heavy atom. The lowest BCUT2D eigenvalue weighted by Crippen LogP contribution is -2.39. The van der Waals surface area contributed by atoms with Crippen LogP contribution in [0.2, 0.25) is 0 Å². The molecule has 2 heterocycles. The second kappa shape index (κ2) is 5.16. The van der Waals surface area contributed by atoms with Crippen molar-refractivity contribution < 1.29 is 14.3 Å². The van der Waals surface area contributed by atoms with E-state index in [0.717, 1.165) is 29.8 Å². The molecule has 3 unspecified atom stereocenters. The third kappa shape index (κ3) is 2.30. The number of hydrazine groups is 1. The van der Waals surface area contributed by atoms with Crippen molar-refractivity contribution in [2.75, 3.05) is 13.2 Å². The van der Waals surface area contributed by atoms with Gasteiger partial charge in [0.2, 0.25) is 0 Å². The van der Waals surface area contributed by atoms with Gasteiger partial charge in [-0.05, 0) is 17.7 Å². The SMILES string of the molecule is NC1NNC(c2ccc3c(c2)OCCCO3)C1C=O. The number of rotatable bonds is 2. The largest absolute Gasteiger partial charge is 0.490 e. The first kappa shape index (κ1) is 12.4. The number of carbonyl (C=O) groups excluding carboxylic acids is 1. The van der Waals surface area contributed by atoms with Gasteiger partial charge in [-0.15, -0.1) is 0 Å². The van der Waals surface area contributed by atoms with Crippen LogP contribution in [0.15, 0.2) is 18.2 Å². The van der Waals surface area contributed by atoms with E-state index >= 15 is 0 Å². The molecule has 102 valence electrons. The number of fused-ring (bicyclic) bond motifs is 1. The molecule has 6 heteroatoms. The van der Waals surface area contributed by atoms with Crippen LogP contribution >= 0.6 is 0 Å². The maximum atomic E-state index is 11.1. The van der Waals surface area contributed by atoms with Gasteiger partial charge in [-0.1, -0.05) is 6.07 Å². The van der Waals surface area contributed by atoms with Crippen LogP contribution in [0.5, 0.6) is 11.5 Å². The Bertz CT molecular complexity index is 480. The summed E-state index contributed by atoms with van der Waals surface area (Å²) in [7, 11) is 0. The monoisotopic (exact) mass is 263 g/mol. The molecule has 1 aromatic rings. The first-order valence-corrected chi connectivity index (χ1v) is 6.41. The van der Waals surface area contributed by atoms with E-state index in [9.17, 15) is 4.79 Å². The van der Waals surface area contributed by atoms with Crippen molar-refractivity contribution >= 4 is 6.29 Å². The minimum atomic E-state index is -0.376. The standard InChI is InChI=1S/C13H17N3O3/c14-13-9(7-17)12(15-16-13)8-2-3-10-11(6-8)19-5-1-4-18-10/h2-3,6-7,9,12-13,15-16H,1,4-5,14H2. The van der Waals surface area contributed by atoms with Crippen molar-refractivity contribution in [3.8, 4) is 11.5 Å². The number of nitrogens with one attached hydrogen (secondary N) is 2. The molecular formula is C13H17N3O3. The molecule has 2 aliphatic rings. The lowest BCUT2D eigenvalue weighted by Gasteiger charge is -2.17. The maximum absolute atomic E-state index is 11.1. The minimum absolute atomic E-state index is 0.148. The topological polar surface area (TPSA) is 85.6 Å². The van der Waals surface area contributed by atoms with Crippen LogP contribution in [0.4, 0.5) is 0 Å². The molecule has 0 spiro atoms. The van der Waals surface area contributed by atoms with Gasteiger partial charge >= 0.3 is 0 Å². The zero-order valence-electron chi connectivity index (χ0n) is 10.5. The van der Waals surface area contributed by atoms with E-state index in [2.05, 4.69) is 10.9 Å². The van der Waals surface area contributed by atoms with E-state index in [0.29, 0.717) is 13.2 Å². The highest BCUT2D eigenvalue weighted by atomic mass is 16.5. The Labute approximate surface area is 111 Å². The number of nitrogens with two attached hydrogens (primary N) is 1. The summed E-state index contributed by atoms with van der Waals surface area (Å²) in [4.78, 5) is 11.1. The molecule has 3 atom stereocenters. The molecule has 0 aliphatic carbocycles. The Kier molecular flexibility index (Phi) is 3.37. The van der Waals surface area contributed by atoms with Gasteiger partial charge in [0.15, 0.2) is 11.5 Å². The van der Waals surface area contributed by atoms with Gasteiger partial charge in [0.05, 0.1) is 31.3 Å². The zero-order chi connectivity index (χ0) is 13.2. The molecule has 0 saturated carbocycles. The van der Waals surface area contributed by atoms with Crippen LogP contribution in [0.25, 0.3) is 0 Å². The first-order valence-electron chi connectivity index (χ1n) is 6.41. The summed E-state index contributed by atoms with van der Waals surface area (Å²) in [6.07, 6.45) is 1.37. The number of benzene rings is 1. The summed E-state index contributed by atoms with van der Waals surface area (Å²) in [6, 6.07) is 5.57. The lowest BCUT2D eigenvalue weighted by molar-refractivity contribution is -0.111. The normalized spacial score (nSPS) is 29.8. The molecule has 0 radical (unpaired) electrons. The summed E-state index contributed by atoms with van der Waals surface area (Å²) in [5, 5.41) is 0. The van der Waals surface area contributed by atoms with Gasteiger partial charge < -0.3 is 20.0 Å². The van der Waals surface area contributed by atoms with Crippen LogP contribution in [-0.2, 0) is 4.79 Å². The second-order valence-corrected chi connectivity index (χ2v) is 4.76. The summed E-state index contributed by atoms with van der Waals surface area (Å²) in [5.74, 6) is 1.17. The van der Waals surface area contributed by atoms with E-state index in [4.69, 9.17) is 15.2 Å². The molecule has 0 bridgehead atoms. The van der Waals surface area contributed by atoms with Gasteiger partial charge in [0, 0.05) is 6.42 Å². The molecular weight excluding hydrogens is 246 g/mol. The molecule has 0 amide bonds. The maximum Gasteiger partial charge on any atom is 0.161 e. The van der Waals surface area contributed by atoms with E-state index in [1.165, 1.54) is 0 Å². The quantitative estimate of drug-likeness (QED) is 0.656. The van der Waals surface area contributed by atoms with Gasteiger partial charge in [-0.3, -0.25) is 0 Å². The molecule has 4 N–H and O–H groups in total. The van der Waals surface area contributed by atoms with Crippen molar-refractivity contribution in [2.45, 2.75) is 18.6 Å². The number of ether oxygens (including phenoxy) is 2. The Balaban J connectivity index is 1.89. The number of hydrogen-bond acceptors (Lipinski definition) is 6. The number of carbonyl (C=O) groups is 1. The first-order chi connectivity index (χ1) is 9.29. The Hall–Kier alpha value is -1.63.